The van der Waals surface area contributed by atoms with E-state index >= 15 is 0 Å². The molecule has 1 rings (SSSR count). The van der Waals surface area contributed by atoms with Crippen LogP contribution in [0.1, 0.15) is 45.4 Å². The Kier molecular flexibility index (Phi) is 8.72. The van der Waals surface area contributed by atoms with Crippen LogP contribution in [0.3, 0.4) is 0 Å². The van der Waals surface area contributed by atoms with Crippen LogP contribution in [0, 0.1) is 0 Å². The topological polar surface area (TPSA) is 157 Å². The highest BCUT2D eigenvalue weighted by atomic mass is 31.1. The van der Waals surface area contributed by atoms with Gasteiger partial charge in [-0.15, -0.1) is 0 Å². The van der Waals surface area contributed by atoms with E-state index in [2.05, 4.69) is 10.4 Å². The molecule has 10 heteroatoms. The van der Waals surface area contributed by atoms with Gasteiger partial charge in [0.2, 0.25) is 5.91 Å². The molecule has 3 atom stereocenters. The smallest absolute Gasteiger partial charge is 0.355 e. The molecule has 0 spiro atoms. The molecule has 1 heterocycles. The van der Waals surface area contributed by atoms with Crippen molar-refractivity contribution in [2.45, 2.75) is 56.8 Å². The molecule has 2 amide bonds. The Balaban J connectivity index is 2.77. The number of carbonyl (C=O) groups is 2. The number of amides is 2. The van der Waals surface area contributed by atoms with E-state index in [4.69, 9.17) is 17.3 Å². The first kappa shape index (κ1) is 20.9. The maximum absolute atomic E-state index is 12.7. The summed E-state index contributed by atoms with van der Waals surface area (Å²) in [6.07, 6.45) is 3.60. The molecule has 0 aromatic rings. The van der Waals surface area contributed by atoms with Gasteiger partial charge in [-0.2, -0.15) is 0 Å². The highest BCUT2D eigenvalue weighted by Crippen LogP contribution is 2.39. The summed E-state index contributed by atoms with van der Waals surface area (Å²) in [5.74, 6) is 4.80. The number of nitrogens with zero attached hydrogens (tertiary/aromatic N) is 1. The van der Waals surface area contributed by atoms with E-state index in [0.29, 0.717) is 38.9 Å². The first-order chi connectivity index (χ1) is 11.4. The first-order valence-electron chi connectivity index (χ1n) is 8.43. The molecule has 0 saturated carbocycles. The van der Waals surface area contributed by atoms with E-state index in [9.17, 15) is 14.2 Å². The Bertz CT molecular complexity index is 464. The van der Waals surface area contributed by atoms with E-state index in [1.54, 1.807) is 0 Å². The number of nitrogens with one attached hydrogen (secondary N) is 2. The lowest BCUT2D eigenvalue weighted by Gasteiger charge is -2.29. The maximum atomic E-state index is 12.7. The van der Waals surface area contributed by atoms with Crippen molar-refractivity contribution in [2.24, 2.45) is 17.3 Å². The van der Waals surface area contributed by atoms with Crippen LogP contribution >= 0.6 is 7.95 Å². The summed E-state index contributed by atoms with van der Waals surface area (Å²) in [7, 11) is -2.34. The second-order valence-electron chi connectivity index (χ2n) is 6.08. The fourth-order valence-corrected chi connectivity index (χ4v) is 3.96. The lowest BCUT2D eigenvalue weighted by molar-refractivity contribution is -0.137. The molecule has 0 aromatic carbocycles. The SMILES string of the molecule is CCCNC(=O)C(CCCCN)N[P+](=O)[C@@]1(N)CCCN(N)C1=O. The Morgan fingerprint density at radius 3 is 2.79 bits per heavy atom. The van der Waals surface area contributed by atoms with Crippen molar-refractivity contribution in [3.05, 3.63) is 0 Å². The minimum atomic E-state index is -2.34. The zero-order valence-corrected chi connectivity index (χ0v) is 15.2. The quantitative estimate of drug-likeness (QED) is 0.152. The fourth-order valence-electron chi connectivity index (χ4n) is 2.54. The Labute approximate surface area is 143 Å². The van der Waals surface area contributed by atoms with Crippen molar-refractivity contribution in [1.29, 1.82) is 0 Å². The number of hydrogen-bond donors (Lipinski definition) is 5. The highest BCUT2D eigenvalue weighted by molar-refractivity contribution is 7.45. The molecular formula is C14H30N6O3P+. The average molecular weight is 361 g/mol. The molecule has 138 valence electrons. The molecular weight excluding hydrogens is 331 g/mol. The van der Waals surface area contributed by atoms with Crippen LogP contribution in [-0.4, -0.2) is 47.8 Å². The summed E-state index contributed by atoms with van der Waals surface area (Å²) in [6, 6.07) is -0.673. The Morgan fingerprint density at radius 1 is 1.46 bits per heavy atom. The molecule has 9 nitrogen and oxygen atoms in total. The van der Waals surface area contributed by atoms with E-state index in [0.717, 1.165) is 17.9 Å². The van der Waals surface area contributed by atoms with Crippen LogP contribution in [-0.2, 0) is 14.2 Å². The van der Waals surface area contributed by atoms with Gasteiger partial charge in [0.1, 0.15) is 6.04 Å². The fraction of sp³-hybridized carbons (Fsp3) is 0.857. The zero-order chi connectivity index (χ0) is 18.2. The van der Waals surface area contributed by atoms with Crippen molar-refractivity contribution in [2.75, 3.05) is 19.6 Å². The molecule has 0 bridgehead atoms. The van der Waals surface area contributed by atoms with Crippen molar-refractivity contribution in [3.8, 4) is 0 Å². The lowest BCUT2D eigenvalue weighted by atomic mass is 10.1. The van der Waals surface area contributed by atoms with Gasteiger partial charge >= 0.3 is 19.1 Å². The van der Waals surface area contributed by atoms with Crippen LogP contribution in [0.2, 0.25) is 0 Å². The number of unbranched alkanes of at least 4 members (excludes halogenated alkanes) is 1. The summed E-state index contributed by atoms with van der Waals surface area (Å²) in [5, 5.41) is 4.98. The Hall–Kier alpha value is -1.12. The summed E-state index contributed by atoms with van der Waals surface area (Å²) in [6.45, 7) is 3.39. The van der Waals surface area contributed by atoms with Crippen molar-refractivity contribution in [1.82, 2.24) is 15.4 Å². The predicted octanol–water partition coefficient (Wildman–Crippen LogP) is -0.507. The van der Waals surface area contributed by atoms with Gasteiger partial charge in [0.05, 0.1) is 0 Å². The van der Waals surface area contributed by atoms with Gasteiger partial charge in [0.25, 0.3) is 0 Å². The van der Waals surface area contributed by atoms with E-state index < -0.39 is 25.2 Å². The van der Waals surface area contributed by atoms with E-state index in [-0.39, 0.29) is 12.3 Å². The van der Waals surface area contributed by atoms with E-state index in [1.807, 2.05) is 6.92 Å². The van der Waals surface area contributed by atoms with Gasteiger partial charge in [-0.05, 0) is 43.2 Å². The molecule has 0 aliphatic carbocycles. The summed E-state index contributed by atoms with van der Waals surface area (Å²) in [4.78, 5) is 24.5. The molecule has 1 aliphatic heterocycles. The van der Waals surface area contributed by atoms with Crippen molar-refractivity contribution in [3.63, 3.8) is 0 Å². The van der Waals surface area contributed by atoms with Crippen LogP contribution < -0.4 is 27.7 Å². The first-order valence-corrected chi connectivity index (χ1v) is 9.69. The monoisotopic (exact) mass is 361 g/mol. The van der Waals surface area contributed by atoms with Gasteiger partial charge in [-0.3, -0.25) is 20.3 Å². The van der Waals surface area contributed by atoms with Crippen molar-refractivity contribution < 1.29 is 14.2 Å². The van der Waals surface area contributed by atoms with Crippen LogP contribution in [0.25, 0.3) is 0 Å². The van der Waals surface area contributed by atoms with Gasteiger partial charge in [0, 0.05) is 19.5 Å². The number of rotatable bonds is 10. The number of hydrogen-bond acceptors (Lipinski definition) is 6. The molecule has 24 heavy (non-hydrogen) atoms. The number of hydrazine groups is 1. The molecule has 1 aliphatic rings. The molecule has 0 aromatic heterocycles. The second kappa shape index (κ2) is 10.0. The van der Waals surface area contributed by atoms with E-state index in [1.165, 1.54) is 0 Å². The largest absolute Gasteiger partial charge is 0.465 e. The third kappa shape index (κ3) is 5.46. The standard InChI is InChI=1S/C14H29N6O3P/c1-2-9-18-12(21)11(6-3-4-8-15)19-24(23)14(16)7-5-10-20(17)13(14)22/h11H,2-10,15-17H2,1H3,(H-,18,19,21,23)/p+1/t11?,14-/m0/s1. The Morgan fingerprint density at radius 2 is 2.17 bits per heavy atom. The minimum Gasteiger partial charge on any atom is -0.355 e. The second-order valence-corrected chi connectivity index (χ2v) is 7.72. The zero-order valence-electron chi connectivity index (χ0n) is 14.3. The summed E-state index contributed by atoms with van der Waals surface area (Å²) >= 11 is 0. The van der Waals surface area contributed by atoms with Gasteiger partial charge in [-0.1, -0.05) is 12.0 Å². The molecule has 1 saturated heterocycles. The maximum Gasteiger partial charge on any atom is 0.465 e. The van der Waals surface area contributed by atoms with Crippen molar-refractivity contribution >= 4 is 19.8 Å². The minimum absolute atomic E-state index is 0.242. The van der Waals surface area contributed by atoms with Gasteiger partial charge in [0.15, 0.2) is 0 Å². The van der Waals surface area contributed by atoms with Crippen LogP contribution in [0.15, 0.2) is 0 Å². The summed E-state index contributed by atoms with van der Waals surface area (Å²) < 4.78 is 12.7. The van der Waals surface area contributed by atoms with Gasteiger partial charge in [-0.25, -0.2) is 5.84 Å². The number of piperidine rings is 1. The predicted molar refractivity (Wildman–Crippen MR) is 92.8 cm³/mol. The highest BCUT2D eigenvalue weighted by Gasteiger charge is 2.57. The van der Waals surface area contributed by atoms with Gasteiger partial charge < -0.3 is 11.1 Å². The molecule has 1 fully saturated rings. The third-order valence-corrected chi connectivity index (χ3v) is 5.72. The lowest BCUT2D eigenvalue weighted by Crippen LogP contribution is -2.60. The molecule has 0 radical (unpaired) electrons. The summed E-state index contributed by atoms with van der Waals surface area (Å²) in [5.41, 5.74) is 11.6. The molecule has 8 N–H and O–H groups in total. The van der Waals surface area contributed by atoms with Crippen LogP contribution in [0.4, 0.5) is 0 Å². The average Bonchev–Trinajstić information content (AvgIpc) is 2.56. The number of carbonyl (C=O) groups excluding carboxylic acids is 2. The van der Waals surface area contributed by atoms with Crippen LogP contribution in [0.5, 0.6) is 0 Å². The third-order valence-electron chi connectivity index (χ3n) is 4.04. The molecule has 2 unspecified atom stereocenters. The number of nitrogens with two attached hydrogens (primary N) is 3. The normalized spacial score (nSPS) is 23.1.